The van der Waals surface area contributed by atoms with Crippen LogP contribution in [0, 0.1) is 13.8 Å². The number of benzene rings is 2. The highest BCUT2D eigenvalue weighted by atomic mass is 15.3. The van der Waals surface area contributed by atoms with E-state index in [1.807, 2.05) is 34.9 Å². The molecule has 0 radical (unpaired) electrons. The van der Waals surface area contributed by atoms with Gasteiger partial charge in [0.15, 0.2) is 11.8 Å². The van der Waals surface area contributed by atoms with Crippen molar-refractivity contribution < 1.29 is 0 Å². The maximum atomic E-state index is 4.71. The molecule has 2 aromatic carbocycles. The van der Waals surface area contributed by atoms with Crippen LogP contribution in [0.25, 0.3) is 5.69 Å². The molecule has 0 saturated heterocycles. The van der Waals surface area contributed by atoms with E-state index in [-0.39, 0.29) is 0 Å². The van der Waals surface area contributed by atoms with Gasteiger partial charge in [0.2, 0.25) is 0 Å². The van der Waals surface area contributed by atoms with Crippen molar-refractivity contribution in [1.82, 2.24) is 25.4 Å². The van der Waals surface area contributed by atoms with E-state index in [0.29, 0.717) is 13.1 Å². The van der Waals surface area contributed by atoms with Crippen LogP contribution < -0.4 is 10.6 Å². The van der Waals surface area contributed by atoms with Crippen LogP contribution in [0.3, 0.4) is 0 Å². The summed E-state index contributed by atoms with van der Waals surface area (Å²) in [6.07, 6.45) is 1.73. The number of aliphatic imine (C=N–C) groups is 1. The van der Waals surface area contributed by atoms with Crippen molar-refractivity contribution in [1.29, 1.82) is 0 Å². The Labute approximate surface area is 160 Å². The van der Waals surface area contributed by atoms with Gasteiger partial charge in [-0.25, -0.2) is 4.99 Å². The van der Waals surface area contributed by atoms with Gasteiger partial charge in [-0.15, -0.1) is 10.2 Å². The van der Waals surface area contributed by atoms with Gasteiger partial charge < -0.3 is 10.6 Å². The molecular formula is C21H26N6. The molecule has 0 saturated carbocycles. The molecule has 1 aromatic heterocycles. The standard InChI is InChI=1S/C21H26N6/c1-4-22-21(23-13-18-11-10-16(2)12-17(18)3)24-14-20-26-25-15-27(20)19-8-6-5-7-9-19/h5-12,15H,4,13-14H2,1-3H3,(H2,22,23,24). The SMILES string of the molecule is CCNC(=NCc1ccc(C)cc1C)NCc1nncn1-c1ccccc1. The first-order valence-corrected chi connectivity index (χ1v) is 9.20. The van der Waals surface area contributed by atoms with Gasteiger partial charge >= 0.3 is 0 Å². The lowest BCUT2D eigenvalue weighted by molar-refractivity contribution is 0.756. The number of aryl methyl sites for hydroxylation is 2. The number of aromatic nitrogens is 3. The Bertz CT molecular complexity index is 898. The van der Waals surface area contributed by atoms with Gasteiger partial charge in [0.25, 0.3) is 0 Å². The van der Waals surface area contributed by atoms with Gasteiger partial charge in [-0.3, -0.25) is 4.57 Å². The molecule has 0 bridgehead atoms. The molecular weight excluding hydrogens is 336 g/mol. The summed E-state index contributed by atoms with van der Waals surface area (Å²) in [4.78, 5) is 4.71. The zero-order valence-corrected chi connectivity index (χ0v) is 16.1. The lowest BCUT2D eigenvalue weighted by Crippen LogP contribution is -2.37. The van der Waals surface area contributed by atoms with Crippen LogP contribution >= 0.6 is 0 Å². The van der Waals surface area contributed by atoms with Crippen LogP contribution in [0.4, 0.5) is 0 Å². The van der Waals surface area contributed by atoms with Crippen molar-refractivity contribution in [2.45, 2.75) is 33.9 Å². The third kappa shape index (κ3) is 4.94. The predicted octanol–water partition coefficient (Wildman–Crippen LogP) is 3.14. The van der Waals surface area contributed by atoms with Gasteiger partial charge in [0.1, 0.15) is 6.33 Å². The topological polar surface area (TPSA) is 67.1 Å². The molecule has 0 amide bonds. The zero-order chi connectivity index (χ0) is 19.1. The first-order chi connectivity index (χ1) is 13.2. The molecule has 0 aliphatic carbocycles. The minimum Gasteiger partial charge on any atom is -0.357 e. The largest absolute Gasteiger partial charge is 0.357 e. The molecule has 0 fully saturated rings. The molecule has 2 N–H and O–H groups in total. The van der Waals surface area contributed by atoms with Crippen LogP contribution in [-0.2, 0) is 13.1 Å². The molecule has 6 nitrogen and oxygen atoms in total. The quantitative estimate of drug-likeness (QED) is 0.522. The smallest absolute Gasteiger partial charge is 0.191 e. The number of para-hydroxylation sites is 1. The molecule has 0 aliphatic rings. The third-order valence-electron chi connectivity index (χ3n) is 4.32. The van der Waals surface area contributed by atoms with E-state index in [9.17, 15) is 0 Å². The Morgan fingerprint density at radius 2 is 1.89 bits per heavy atom. The van der Waals surface area contributed by atoms with Crippen molar-refractivity contribution in [3.8, 4) is 5.69 Å². The molecule has 0 atom stereocenters. The molecule has 0 unspecified atom stereocenters. The number of hydrogen-bond donors (Lipinski definition) is 2. The molecule has 0 aliphatic heterocycles. The lowest BCUT2D eigenvalue weighted by Gasteiger charge is -2.12. The average Bonchev–Trinajstić information content (AvgIpc) is 3.14. The second kappa shape index (κ2) is 8.98. The Hall–Kier alpha value is -3.15. The van der Waals surface area contributed by atoms with Crippen LogP contribution in [-0.4, -0.2) is 27.3 Å². The van der Waals surface area contributed by atoms with Crippen molar-refractivity contribution in [2.24, 2.45) is 4.99 Å². The minimum absolute atomic E-state index is 0.535. The highest BCUT2D eigenvalue weighted by molar-refractivity contribution is 5.79. The molecule has 27 heavy (non-hydrogen) atoms. The molecule has 3 aromatic rings. The fraction of sp³-hybridized carbons (Fsp3) is 0.286. The van der Waals surface area contributed by atoms with Crippen molar-refractivity contribution in [2.75, 3.05) is 6.54 Å². The maximum Gasteiger partial charge on any atom is 0.191 e. The fourth-order valence-electron chi connectivity index (χ4n) is 2.88. The normalized spacial score (nSPS) is 11.4. The van der Waals surface area contributed by atoms with E-state index in [2.05, 4.69) is 59.8 Å². The predicted molar refractivity (Wildman–Crippen MR) is 109 cm³/mol. The molecule has 1 heterocycles. The van der Waals surface area contributed by atoms with Crippen LogP contribution in [0.15, 0.2) is 59.9 Å². The van der Waals surface area contributed by atoms with Crippen LogP contribution in [0.5, 0.6) is 0 Å². The number of rotatable bonds is 6. The average molecular weight is 362 g/mol. The second-order valence-electron chi connectivity index (χ2n) is 6.43. The number of nitrogens with one attached hydrogen (secondary N) is 2. The van der Waals surface area contributed by atoms with E-state index >= 15 is 0 Å². The fourth-order valence-corrected chi connectivity index (χ4v) is 2.88. The summed E-state index contributed by atoms with van der Waals surface area (Å²) in [5.74, 6) is 1.60. The van der Waals surface area contributed by atoms with Gasteiger partial charge in [-0.1, -0.05) is 42.0 Å². The summed E-state index contributed by atoms with van der Waals surface area (Å²) in [5, 5.41) is 14.9. The van der Waals surface area contributed by atoms with Crippen LogP contribution in [0.1, 0.15) is 29.4 Å². The number of guanidine groups is 1. The summed E-state index contributed by atoms with van der Waals surface area (Å²) >= 11 is 0. The monoisotopic (exact) mass is 362 g/mol. The van der Waals surface area contributed by atoms with E-state index in [1.54, 1.807) is 6.33 Å². The van der Waals surface area contributed by atoms with E-state index in [1.165, 1.54) is 16.7 Å². The summed E-state index contributed by atoms with van der Waals surface area (Å²) < 4.78 is 1.97. The van der Waals surface area contributed by atoms with Crippen molar-refractivity contribution in [3.63, 3.8) is 0 Å². The number of nitrogens with zero attached hydrogens (tertiary/aromatic N) is 4. The third-order valence-corrected chi connectivity index (χ3v) is 4.32. The Kier molecular flexibility index (Phi) is 6.20. The van der Waals surface area contributed by atoms with Crippen LogP contribution in [0.2, 0.25) is 0 Å². The highest BCUT2D eigenvalue weighted by Crippen LogP contribution is 2.12. The van der Waals surface area contributed by atoms with Gasteiger partial charge in [0, 0.05) is 12.2 Å². The van der Waals surface area contributed by atoms with E-state index in [0.717, 1.165) is 24.0 Å². The lowest BCUT2D eigenvalue weighted by atomic mass is 10.1. The second-order valence-corrected chi connectivity index (χ2v) is 6.43. The summed E-state index contributed by atoms with van der Waals surface area (Å²) in [5.41, 5.74) is 4.80. The molecule has 3 rings (SSSR count). The highest BCUT2D eigenvalue weighted by Gasteiger charge is 2.07. The minimum atomic E-state index is 0.535. The Balaban J connectivity index is 1.69. The Morgan fingerprint density at radius 1 is 1.07 bits per heavy atom. The van der Waals surface area contributed by atoms with Crippen molar-refractivity contribution in [3.05, 3.63) is 77.4 Å². The zero-order valence-electron chi connectivity index (χ0n) is 16.1. The van der Waals surface area contributed by atoms with E-state index in [4.69, 9.17) is 4.99 Å². The molecule has 140 valence electrons. The van der Waals surface area contributed by atoms with Gasteiger partial charge in [-0.05, 0) is 44.0 Å². The van der Waals surface area contributed by atoms with Crippen molar-refractivity contribution >= 4 is 5.96 Å². The maximum absolute atomic E-state index is 4.71. The first kappa shape index (κ1) is 18.6. The van der Waals surface area contributed by atoms with E-state index < -0.39 is 0 Å². The molecule has 0 spiro atoms. The summed E-state index contributed by atoms with van der Waals surface area (Å²) in [7, 11) is 0. The summed E-state index contributed by atoms with van der Waals surface area (Å²) in [6.45, 7) is 8.25. The summed E-state index contributed by atoms with van der Waals surface area (Å²) in [6, 6.07) is 16.5. The Morgan fingerprint density at radius 3 is 2.63 bits per heavy atom. The van der Waals surface area contributed by atoms with Gasteiger partial charge in [0.05, 0.1) is 13.1 Å². The first-order valence-electron chi connectivity index (χ1n) is 9.20. The van der Waals surface area contributed by atoms with Gasteiger partial charge in [-0.2, -0.15) is 0 Å². The molecule has 6 heteroatoms. The number of hydrogen-bond acceptors (Lipinski definition) is 3.